The molecule has 0 radical (unpaired) electrons. The molecule has 0 bridgehead atoms. The fourth-order valence-corrected chi connectivity index (χ4v) is 1.48. The molecular weight excluding hydrogens is 281 g/mol. The van der Waals surface area contributed by atoms with Gasteiger partial charge in [0.15, 0.2) is 23.3 Å². The molecular formula is C13H6F5NO. The lowest BCUT2D eigenvalue weighted by Gasteiger charge is -2.09. The van der Waals surface area contributed by atoms with Crippen molar-refractivity contribution in [2.45, 2.75) is 0 Å². The van der Waals surface area contributed by atoms with E-state index in [1.807, 2.05) is 5.32 Å². The van der Waals surface area contributed by atoms with Crippen LogP contribution in [0.1, 0.15) is 0 Å². The summed E-state index contributed by atoms with van der Waals surface area (Å²) in [7, 11) is 0. The minimum atomic E-state index is -2.26. The number of hydrogen-bond acceptors (Lipinski definition) is 2. The minimum Gasteiger partial charge on any atom is -0.347 e. The van der Waals surface area contributed by atoms with E-state index in [9.17, 15) is 26.7 Å². The fourth-order valence-electron chi connectivity index (χ4n) is 1.48. The van der Waals surface area contributed by atoms with Crippen LogP contribution in [-0.2, 0) is 0 Å². The molecule has 0 spiro atoms. The lowest BCUT2D eigenvalue weighted by molar-refractivity contribution is 0.382. The standard InChI is InChI=1S/C13H6F5NO/c14-8-9(15)11(17)13(12(18)10(8)16)19-6-4-2-1-3-5-7(6)20/h1-5H,(H,19,20). The average molecular weight is 287 g/mol. The summed E-state index contributed by atoms with van der Waals surface area (Å²) in [4.78, 5) is 11.5. The normalized spacial score (nSPS) is 10.4. The van der Waals surface area contributed by atoms with Gasteiger partial charge in [-0.2, -0.15) is 0 Å². The van der Waals surface area contributed by atoms with E-state index in [0.29, 0.717) is 0 Å². The lowest BCUT2D eigenvalue weighted by atomic mass is 10.2. The molecule has 0 aliphatic rings. The highest BCUT2D eigenvalue weighted by molar-refractivity contribution is 5.60. The maximum Gasteiger partial charge on any atom is 0.201 e. The fraction of sp³-hybridized carbons (Fsp3) is 0. The Morgan fingerprint density at radius 3 is 1.80 bits per heavy atom. The SMILES string of the molecule is O=c1cccccc1Nc1c(F)c(F)c(F)c(F)c1F. The van der Waals surface area contributed by atoms with Crippen molar-refractivity contribution in [1.29, 1.82) is 0 Å². The third-order valence-electron chi connectivity index (χ3n) is 2.47. The van der Waals surface area contributed by atoms with Crippen molar-refractivity contribution in [1.82, 2.24) is 0 Å². The van der Waals surface area contributed by atoms with E-state index >= 15 is 0 Å². The largest absolute Gasteiger partial charge is 0.347 e. The number of benzene rings is 1. The molecule has 0 aliphatic carbocycles. The molecule has 1 N–H and O–H groups in total. The van der Waals surface area contributed by atoms with Gasteiger partial charge >= 0.3 is 0 Å². The first-order chi connectivity index (χ1) is 9.43. The highest BCUT2D eigenvalue weighted by Crippen LogP contribution is 2.28. The third-order valence-corrected chi connectivity index (χ3v) is 2.47. The van der Waals surface area contributed by atoms with Crippen molar-refractivity contribution in [3.05, 3.63) is 69.6 Å². The molecule has 2 aromatic carbocycles. The summed E-state index contributed by atoms with van der Waals surface area (Å²) in [5, 5.41) is 1.93. The quantitative estimate of drug-likeness (QED) is 0.520. The van der Waals surface area contributed by atoms with Crippen LogP contribution in [0.3, 0.4) is 0 Å². The molecule has 0 atom stereocenters. The first-order valence-electron chi connectivity index (χ1n) is 5.31. The highest BCUT2D eigenvalue weighted by Gasteiger charge is 2.26. The second kappa shape index (κ2) is 5.28. The number of rotatable bonds is 2. The molecule has 0 saturated carbocycles. The Bertz CT molecular complexity index is 703. The Kier molecular flexibility index (Phi) is 3.69. The van der Waals surface area contributed by atoms with Crippen LogP contribution in [0, 0.1) is 29.1 Å². The summed E-state index contributed by atoms with van der Waals surface area (Å²) in [6.45, 7) is 0. The van der Waals surface area contributed by atoms with Crippen molar-refractivity contribution in [3.63, 3.8) is 0 Å². The monoisotopic (exact) mass is 287 g/mol. The lowest BCUT2D eigenvalue weighted by Crippen LogP contribution is -2.10. The van der Waals surface area contributed by atoms with E-state index in [0.717, 1.165) is 12.1 Å². The van der Waals surface area contributed by atoms with Crippen LogP contribution in [0.2, 0.25) is 0 Å². The molecule has 2 nitrogen and oxygen atoms in total. The topological polar surface area (TPSA) is 29.1 Å². The Labute approximate surface area is 109 Å². The van der Waals surface area contributed by atoms with E-state index in [2.05, 4.69) is 0 Å². The Morgan fingerprint density at radius 2 is 1.20 bits per heavy atom. The van der Waals surface area contributed by atoms with Gasteiger partial charge in [0.25, 0.3) is 0 Å². The molecule has 2 aromatic rings. The van der Waals surface area contributed by atoms with E-state index in [1.54, 1.807) is 0 Å². The molecule has 0 unspecified atom stereocenters. The summed E-state index contributed by atoms with van der Waals surface area (Å²) in [5.41, 5.74) is -2.26. The van der Waals surface area contributed by atoms with Gasteiger partial charge < -0.3 is 5.32 Å². The number of halogens is 5. The Balaban J connectivity index is 2.61. The van der Waals surface area contributed by atoms with Crippen molar-refractivity contribution < 1.29 is 22.0 Å². The molecule has 104 valence electrons. The van der Waals surface area contributed by atoms with Crippen LogP contribution < -0.4 is 10.7 Å². The van der Waals surface area contributed by atoms with Crippen LogP contribution in [-0.4, -0.2) is 0 Å². The molecule has 0 heterocycles. The molecule has 0 amide bonds. The number of hydrogen-bond donors (Lipinski definition) is 1. The van der Waals surface area contributed by atoms with Crippen molar-refractivity contribution in [2.24, 2.45) is 0 Å². The van der Waals surface area contributed by atoms with E-state index < -0.39 is 40.2 Å². The molecule has 0 aliphatic heterocycles. The van der Waals surface area contributed by atoms with Gasteiger partial charge in [-0.3, -0.25) is 4.79 Å². The van der Waals surface area contributed by atoms with E-state index in [4.69, 9.17) is 0 Å². The Hall–Kier alpha value is -2.44. The predicted octanol–water partition coefficient (Wildman–Crippen LogP) is 3.49. The minimum absolute atomic E-state index is 0.321. The number of nitrogens with one attached hydrogen (secondary N) is 1. The van der Waals surface area contributed by atoms with Gasteiger partial charge in [0, 0.05) is 0 Å². The summed E-state index contributed by atoms with van der Waals surface area (Å²) >= 11 is 0. The average Bonchev–Trinajstić information content (AvgIpc) is 2.64. The van der Waals surface area contributed by atoms with Crippen molar-refractivity contribution >= 4 is 11.4 Å². The first-order valence-corrected chi connectivity index (χ1v) is 5.31. The summed E-state index contributed by atoms with van der Waals surface area (Å²) in [5.74, 6) is -10.5. The van der Waals surface area contributed by atoms with Gasteiger partial charge in [0.1, 0.15) is 5.69 Å². The first kappa shape index (κ1) is 14.0. The van der Waals surface area contributed by atoms with E-state index in [-0.39, 0.29) is 5.69 Å². The van der Waals surface area contributed by atoms with Gasteiger partial charge in [-0.25, -0.2) is 22.0 Å². The molecule has 7 heteroatoms. The zero-order valence-electron chi connectivity index (χ0n) is 9.68. The molecule has 0 aromatic heterocycles. The molecule has 0 saturated heterocycles. The van der Waals surface area contributed by atoms with Gasteiger partial charge in [-0.15, -0.1) is 0 Å². The van der Waals surface area contributed by atoms with Gasteiger partial charge in [0.05, 0.1) is 5.69 Å². The Morgan fingerprint density at radius 1 is 0.700 bits per heavy atom. The summed E-state index contributed by atoms with van der Waals surface area (Å²) in [6, 6.07) is 6.43. The molecule has 2 rings (SSSR count). The van der Waals surface area contributed by atoms with Gasteiger partial charge in [-0.05, 0) is 12.1 Å². The van der Waals surface area contributed by atoms with Crippen LogP contribution in [0.15, 0.2) is 35.1 Å². The van der Waals surface area contributed by atoms with Crippen LogP contribution in [0.4, 0.5) is 33.3 Å². The van der Waals surface area contributed by atoms with E-state index in [1.165, 1.54) is 18.2 Å². The zero-order chi connectivity index (χ0) is 14.9. The van der Waals surface area contributed by atoms with Crippen LogP contribution >= 0.6 is 0 Å². The molecule has 0 fully saturated rings. The maximum absolute atomic E-state index is 13.4. The smallest absolute Gasteiger partial charge is 0.201 e. The number of anilines is 2. The summed E-state index contributed by atoms with van der Waals surface area (Å²) in [6.07, 6.45) is 0. The van der Waals surface area contributed by atoms with Crippen LogP contribution in [0.25, 0.3) is 0 Å². The van der Waals surface area contributed by atoms with Gasteiger partial charge in [0.2, 0.25) is 11.2 Å². The summed E-state index contributed by atoms with van der Waals surface area (Å²) < 4.78 is 65.7. The molecule has 20 heavy (non-hydrogen) atoms. The van der Waals surface area contributed by atoms with Crippen molar-refractivity contribution in [2.75, 3.05) is 5.32 Å². The van der Waals surface area contributed by atoms with Gasteiger partial charge in [-0.1, -0.05) is 18.2 Å². The maximum atomic E-state index is 13.4. The zero-order valence-corrected chi connectivity index (χ0v) is 9.68. The predicted molar refractivity (Wildman–Crippen MR) is 62.2 cm³/mol. The van der Waals surface area contributed by atoms with Crippen molar-refractivity contribution in [3.8, 4) is 0 Å². The van der Waals surface area contributed by atoms with Crippen LogP contribution in [0.5, 0.6) is 0 Å². The second-order valence-electron chi connectivity index (χ2n) is 3.76. The second-order valence-corrected chi connectivity index (χ2v) is 3.76. The highest BCUT2D eigenvalue weighted by atomic mass is 19.2. The third kappa shape index (κ3) is 2.34.